The molecule has 0 spiro atoms. The van der Waals surface area contributed by atoms with E-state index in [1.54, 1.807) is 35.4 Å². The summed E-state index contributed by atoms with van der Waals surface area (Å²) in [6, 6.07) is 17.1. The standard InChI is InChI=1S/C25H28ClN5O3/c1-18(22-6-4-5-13-27-22)28-23-12-9-20(16-24(23)31(33)34)25(32)30(15-14-29(2)3)17-19-7-10-21(26)11-8-19/h4-13,16,18,28H,14-15,17H2,1-3H3. The molecule has 0 fully saturated rings. The number of benzene rings is 2. The van der Waals surface area contributed by atoms with Crippen LogP contribution in [-0.4, -0.2) is 52.8 Å². The Morgan fingerprint density at radius 3 is 2.47 bits per heavy atom. The van der Waals surface area contributed by atoms with E-state index in [1.165, 1.54) is 6.07 Å². The van der Waals surface area contributed by atoms with Crippen LogP contribution in [0, 0.1) is 10.1 Å². The van der Waals surface area contributed by atoms with Crippen LogP contribution < -0.4 is 5.32 Å². The number of aromatic nitrogens is 1. The maximum absolute atomic E-state index is 13.4. The van der Waals surface area contributed by atoms with Crippen molar-refractivity contribution >= 4 is 28.9 Å². The zero-order chi connectivity index (χ0) is 24.7. The minimum Gasteiger partial charge on any atom is -0.371 e. The molecule has 34 heavy (non-hydrogen) atoms. The van der Waals surface area contributed by atoms with Gasteiger partial charge in [0, 0.05) is 42.5 Å². The molecule has 8 nitrogen and oxygen atoms in total. The van der Waals surface area contributed by atoms with Gasteiger partial charge in [-0.25, -0.2) is 0 Å². The Labute approximate surface area is 204 Å². The molecule has 0 saturated heterocycles. The first-order valence-corrected chi connectivity index (χ1v) is 11.3. The van der Waals surface area contributed by atoms with E-state index in [1.807, 2.05) is 56.3 Å². The van der Waals surface area contributed by atoms with Crippen LogP contribution >= 0.6 is 11.6 Å². The summed E-state index contributed by atoms with van der Waals surface area (Å²) in [5.41, 5.74) is 2.11. The zero-order valence-corrected chi connectivity index (χ0v) is 20.2. The number of nitro benzene ring substituents is 1. The van der Waals surface area contributed by atoms with Gasteiger partial charge in [-0.1, -0.05) is 29.8 Å². The SMILES string of the molecule is CC(Nc1ccc(C(=O)N(CCN(C)C)Cc2ccc(Cl)cc2)cc1[N+](=O)[O-])c1ccccn1. The highest BCUT2D eigenvalue weighted by Crippen LogP contribution is 2.29. The number of hydrogen-bond acceptors (Lipinski definition) is 6. The Balaban J connectivity index is 1.85. The van der Waals surface area contributed by atoms with Crippen LogP contribution in [0.2, 0.25) is 5.02 Å². The third-order valence-corrected chi connectivity index (χ3v) is 5.59. The molecule has 0 radical (unpaired) electrons. The molecule has 9 heteroatoms. The van der Waals surface area contributed by atoms with E-state index in [-0.39, 0.29) is 23.2 Å². The zero-order valence-electron chi connectivity index (χ0n) is 19.4. The van der Waals surface area contributed by atoms with Gasteiger partial charge in [0.1, 0.15) is 5.69 Å². The number of likely N-dealkylation sites (N-methyl/N-ethyl adjacent to an activating group) is 1. The van der Waals surface area contributed by atoms with E-state index in [0.717, 1.165) is 11.3 Å². The first kappa shape index (κ1) is 25.1. The van der Waals surface area contributed by atoms with Crippen molar-refractivity contribution in [1.82, 2.24) is 14.8 Å². The second-order valence-electron chi connectivity index (χ2n) is 8.27. The Kier molecular flexibility index (Phi) is 8.56. The molecule has 1 unspecified atom stereocenters. The number of anilines is 1. The number of carbonyl (C=O) groups excluding carboxylic acids is 1. The van der Waals surface area contributed by atoms with Crippen molar-refractivity contribution < 1.29 is 9.72 Å². The average Bonchev–Trinajstić information content (AvgIpc) is 2.83. The van der Waals surface area contributed by atoms with Crippen molar-refractivity contribution in [2.75, 3.05) is 32.5 Å². The molecule has 1 amide bonds. The molecule has 0 bridgehead atoms. The van der Waals surface area contributed by atoms with Crippen LogP contribution in [-0.2, 0) is 6.54 Å². The van der Waals surface area contributed by atoms with E-state index in [9.17, 15) is 14.9 Å². The van der Waals surface area contributed by atoms with Gasteiger partial charge in [-0.2, -0.15) is 0 Å². The average molecular weight is 482 g/mol. The lowest BCUT2D eigenvalue weighted by molar-refractivity contribution is -0.384. The van der Waals surface area contributed by atoms with Crippen molar-refractivity contribution in [3.05, 3.63) is 98.8 Å². The number of pyridine rings is 1. The number of rotatable bonds is 10. The Morgan fingerprint density at radius 2 is 1.85 bits per heavy atom. The second-order valence-corrected chi connectivity index (χ2v) is 8.70. The van der Waals surface area contributed by atoms with Gasteiger partial charge < -0.3 is 15.1 Å². The highest BCUT2D eigenvalue weighted by atomic mass is 35.5. The molecule has 3 rings (SSSR count). The van der Waals surface area contributed by atoms with Crippen LogP contribution in [0.5, 0.6) is 0 Å². The number of nitrogens with zero attached hydrogens (tertiary/aromatic N) is 4. The van der Waals surface area contributed by atoms with E-state index in [2.05, 4.69) is 10.3 Å². The molecule has 1 N–H and O–H groups in total. The molecule has 1 heterocycles. The van der Waals surface area contributed by atoms with Crippen molar-refractivity contribution in [2.24, 2.45) is 0 Å². The second kappa shape index (κ2) is 11.6. The third kappa shape index (κ3) is 6.76. The van der Waals surface area contributed by atoms with Crippen LogP contribution in [0.3, 0.4) is 0 Å². The molecular formula is C25H28ClN5O3. The highest BCUT2D eigenvalue weighted by molar-refractivity contribution is 6.30. The maximum atomic E-state index is 13.4. The lowest BCUT2D eigenvalue weighted by atomic mass is 10.1. The van der Waals surface area contributed by atoms with Crippen molar-refractivity contribution in [3.8, 4) is 0 Å². The first-order chi connectivity index (χ1) is 16.2. The summed E-state index contributed by atoms with van der Waals surface area (Å²) in [4.78, 5) is 32.7. The predicted octanol–water partition coefficient (Wildman–Crippen LogP) is 5.02. The molecule has 1 atom stereocenters. The molecule has 0 saturated carbocycles. The fourth-order valence-electron chi connectivity index (χ4n) is 3.44. The molecule has 0 aliphatic heterocycles. The topological polar surface area (TPSA) is 91.6 Å². The van der Waals surface area contributed by atoms with Gasteiger partial charge in [0.15, 0.2) is 0 Å². The third-order valence-electron chi connectivity index (χ3n) is 5.34. The number of hydrogen-bond donors (Lipinski definition) is 1. The summed E-state index contributed by atoms with van der Waals surface area (Å²) < 4.78 is 0. The molecular weight excluding hydrogens is 454 g/mol. The fourth-order valence-corrected chi connectivity index (χ4v) is 3.57. The number of carbonyl (C=O) groups is 1. The van der Waals surface area contributed by atoms with E-state index in [0.29, 0.717) is 30.3 Å². The van der Waals surface area contributed by atoms with Crippen LogP contribution in [0.25, 0.3) is 0 Å². The van der Waals surface area contributed by atoms with Gasteiger partial charge in [0.25, 0.3) is 11.6 Å². The lowest BCUT2D eigenvalue weighted by Crippen LogP contribution is -2.36. The molecule has 2 aromatic carbocycles. The molecule has 1 aromatic heterocycles. The molecule has 0 aliphatic rings. The van der Waals surface area contributed by atoms with Gasteiger partial charge in [-0.05, 0) is 63.0 Å². The monoisotopic (exact) mass is 481 g/mol. The Bertz CT molecular complexity index is 1120. The number of nitro groups is 1. The van der Waals surface area contributed by atoms with Crippen LogP contribution in [0.4, 0.5) is 11.4 Å². The lowest BCUT2D eigenvalue weighted by Gasteiger charge is -2.25. The normalized spacial score (nSPS) is 11.8. The minimum atomic E-state index is -0.479. The van der Waals surface area contributed by atoms with E-state index >= 15 is 0 Å². The number of halogens is 1. The summed E-state index contributed by atoms with van der Waals surface area (Å²) in [7, 11) is 3.86. The number of amides is 1. The highest BCUT2D eigenvalue weighted by Gasteiger charge is 2.23. The largest absolute Gasteiger partial charge is 0.371 e. The summed E-state index contributed by atoms with van der Waals surface area (Å²) in [5.74, 6) is -0.274. The van der Waals surface area contributed by atoms with Crippen LogP contribution in [0.1, 0.15) is 34.6 Å². The van der Waals surface area contributed by atoms with Gasteiger partial charge in [-0.3, -0.25) is 19.9 Å². The quantitative estimate of drug-likeness (QED) is 0.323. The maximum Gasteiger partial charge on any atom is 0.293 e. The van der Waals surface area contributed by atoms with Crippen molar-refractivity contribution in [1.29, 1.82) is 0 Å². The van der Waals surface area contributed by atoms with Gasteiger partial charge in [-0.15, -0.1) is 0 Å². The Morgan fingerprint density at radius 1 is 1.12 bits per heavy atom. The summed E-state index contributed by atoms with van der Waals surface area (Å²) in [5, 5.41) is 15.6. The van der Waals surface area contributed by atoms with Gasteiger partial charge >= 0.3 is 0 Å². The van der Waals surface area contributed by atoms with Gasteiger partial charge in [0.2, 0.25) is 0 Å². The summed E-state index contributed by atoms with van der Waals surface area (Å²) in [6.45, 7) is 3.37. The van der Waals surface area contributed by atoms with Crippen LogP contribution in [0.15, 0.2) is 66.9 Å². The molecule has 0 aliphatic carbocycles. The number of nitrogens with one attached hydrogen (secondary N) is 1. The predicted molar refractivity (Wildman–Crippen MR) is 134 cm³/mol. The molecule has 3 aromatic rings. The summed E-state index contributed by atoms with van der Waals surface area (Å²) in [6.07, 6.45) is 1.67. The van der Waals surface area contributed by atoms with Crippen molar-refractivity contribution in [3.63, 3.8) is 0 Å². The minimum absolute atomic E-state index is 0.160. The fraction of sp³-hybridized carbons (Fsp3) is 0.280. The van der Waals surface area contributed by atoms with E-state index in [4.69, 9.17) is 11.6 Å². The molecule has 178 valence electrons. The smallest absolute Gasteiger partial charge is 0.293 e. The van der Waals surface area contributed by atoms with Crippen molar-refractivity contribution in [2.45, 2.75) is 19.5 Å². The van der Waals surface area contributed by atoms with E-state index < -0.39 is 4.92 Å². The Hall–Kier alpha value is -3.49. The first-order valence-electron chi connectivity index (χ1n) is 10.9. The summed E-state index contributed by atoms with van der Waals surface area (Å²) >= 11 is 5.99. The van der Waals surface area contributed by atoms with Gasteiger partial charge in [0.05, 0.1) is 16.7 Å².